The molecule has 8 nitrogen and oxygen atoms in total. The van der Waals surface area contributed by atoms with E-state index in [1.807, 2.05) is 12.1 Å². The number of nitrogens with zero attached hydrogens (tertiary/aromatic N) is 4. The van der Waals surface area contributed by atoms with Crippen molar-refractivity contribution in [3.05, 3.63) is 85.9 Å². The van der Waals surface area contributed by atoms with Gasteiger partial charge in [0.1, 0.15) is 12.4 Å². The molecular formula is C24H23ClN4O4. The lowest BCUT2D eigenvalue weighted by Gasteiger charge is -2.22. The Kier molecular flexibility index (Phi) is 6.84. The third-order valence-corrected chi connectivity index (χ3v) is 5.88. The third kappa shape index (κ3) is 4.80. The average molecular weight is 467 g/mol. The van der Waals surface area contributed by atoms with Crippen LogP contribution in [0.5, 0.6) is 5.75 Å². The fraction of sp³-hybridized carbons (Fsp3) is 0.292. The van der Waals surface area contributed by atoms with E-state index in [-0.39, 0.29) is 40.1 Å². The van der Waals surface area contributed by atoms with Crippen molar-refractivity contribution in [2.75, 3.05) is 6.61 Å². The topological polar surface area (TPSA) is 99.6 Å². The van der Waals surface area contributed by atoms with Gasteiger partial charge in [0.05, 0.1) is 22.0 Å². The van der Waals surface area contributed by atoms with Crippen LogP contribution in [0.1, 0.15) is 49.4 Å². The molecule has 4 rings (SSSR count). The van der Waals surface area contributed by atoms with Crippen LogP contribution < -0.4 is 10.3 Å². The highest BCUT2D eigenvalue weighted by Crippen LogP contribution is 2.34. The minimum absolute atomic E-state index is 0.00839. The quantitative estimate of drug-likeness (QED) is 0.199. The monoisotopic (exact) mass is 466 g/mol. The fourth-order valence-electron chi connectivity index (χ4n) is 4.13. The number of aromatic nitrogens is 2. The Morgan fingerprint density at radius 3 is 2.76 bits per heavy atom. The first-order valence-corrected chi connectivity index (χ1v) is 11.1. The number of hydrogen-bond acceptors (Lipinski definition) is 6. The average Bonchev–Trinajstić information content (AvgIpc) is 2.82. The molecule has 1 aromatic heterocycles. The number of fused-ring (bicyclic) bond motifs is 1. The number of ether oxygens (including phenoxy) is 1. The SMILES string of the molecule is C=CCOc1c(C=Nn2c(C3CCCCC3)nc3ccccc3c2=O)cc(Cl)cc1[N+](=O)[O-]. The first-order valence-electron chi connectivity index (χ1n) is 10.8. The Bertz CT molecular complexity index is 1300. The van der Waals surface area contributed by atoms with Crippen LogP contribution in [0.25, 0.3) is 10.9 Å². The standard InChI is InChI=1S/C24H23ClN4O4/c1-2-12-33-22-17(13-18(25)14-21(22)29(31)32)15-26-28-23(16-8-4-3-5-9-16)27-20-11-7-6-10-19(20)24(28)30/h2,6-7,10-11,13-16H,1,3-5,8-9,12H2. The number of nitro benzene ring substituents is 1. The second-order valence-electron chi connectivity index (χ2n) is 7.88. The fourth-order valence-corrected chi connectivity index (χ4v) is 4.35. The van der Waals surface area contributed by atoms with Crippen LogP contribution in [0, 0.1) is 10.1 Å². The van der Waals surface area contributed by atoms with E-state index >= 15 is 0 Å². The minimum Gasteiger partial charge on any atom is -0.482 e. The predicted molar refractivity (Wildman–Crippen MR) is 129 cm³/mol. The van der Waals surface area contributed by atoms with Gasteiger partial charge in [-0.2, -0.15) is 9.78 Å². The van der Waals surface area contributed by atoms with Crippen molar-refractivity contribution in [1.82, 2.24) is 9.66 Å². The van der Waals surface area contributed by atoms with Crippen molar-refractivity contribution in [3.63, 3.8) is 0 Å². The highest BCUT2D eigenvalue weighted by molar-refractivity contribution is 6.31. The first-order chi connectivity index (χ1) is 16.0. The van der Waals surface area contributed by atoms with Crippen molar-refractivity contribution in [1.29, 1.82) is 0 Å². The maximum atomic E-state index is 13.3. The lowest BCUT2D eigenvalue weighted by molar-refractivity contribution is -0.385. The normalized spacial score (nSPS) is 14.6. The molecule has 1 heterocycles. The van der Waals surface area contributed by atoms with Gasteiger partial charge >= 0.3 is 5.69 Å². The van der Waals surface area contributed by atoms with E-state index in [0.717, 1.165) is 32.1 Å². The van der Waals surface area contributed by atoms with Gasteiger partial charge in [-0.1, -0.05) is 55.7 Å². The summed E-state index contributed by atoms with van der Waals surface area (Å²) in [7, 11) is 0. The molecule has 0 atom stereocenters. The Balaban J connectivity index is 1.87. The molecule has 0 aliphatic heterocycles. The van der Waals surface area contributed by atoms with Gasteiger partial charge in [-0.25, -0.2) is 4.98 Å². The maximum Gasteiger partial charge on any atom is 0.313 e. The third-order valence-electron chi connectivity index (χ3n) is 5.67. The second kappa shape index (κ2) is 9.95. The molecule has 0 amide bonds. The summed E-state index contributed by atoms with van der Waals surface area (Å²) in [6.07, 6.45) is 7.99. The van der Waals surface area contributed by atoms with Crippen LogP contribution in [0.3, 0.4) is 0 Å². The van der Waals surface area contributed by atoms with Gasteiger partial charge < -0.3 is 4.74 Å². The molecule has 0 unspecified atom stereocenters. The lowest BCUT2D eigenvalue weighted by Crippen LogP contribution is -2.25. The van der Waals surface area contributed by atoms with E-state index in [2.05, 4.69) is 11.7 Å². The second-order valence-corrected chi connectivity index (χ2v) is 8.32. The molecule has 0 saturated heterocycles. The zero-order chi connectivity index (χ0) is 23.4. The summed E-state index contributed by atoms with van der Waals surface area (Å²) in [4.78, 5) is 29.1. The molecule has 2 aromatic carbocycles. The van der Waals surface area contributed by atoms with E-state index in [4.69, 9.17) is 21.3 Å². The number of hydrogen-bond donors (Lipinski definition) is 0. The molecule has 0 radical (unpaired) electrons. The van der Waals surface area contributed by atoms with Gasteiger partial charge in [0.15, 0.2) is 0 Å². The van der Waals surface area contributed by atoms with E-state index < -0.39 is 4.92 Å². The van der Waals surface area contributed by atoms with E-state index in [9.17, 15) is 14.9 Å². The van der Waals surface area contributed by atoms with Crippen molar-refractivity contribution in [2.45, 2.75) is 38.0 Å². The number of rotatable bonds is 7. The first kappa shape index (κ1) is 22.7. The molecule has 0 N–H and O–H groups in total. The largest absolute Gasteiger partial charge is 0.482 e. The summed E-state index contributed by atoms with van der Waals surface area (Å²) in [5.74, 6) is 0.715. The van der Waals surface area contributed by atoms with Crippen LogP contribution in [-0.2, 0) is 0 Å². The molecule has 3 aromatic rings. The zero-order valence-corrected chi connectivity index (χ0v) is 18.7. The van der Waals surface area contributed by atoms with E-state index in [0.29, 0.717) is 16.7 Å². The molecule has 9 heteroatoms. The van der Waals surface area contributed by atoms with Crippen LogP contribution in [0.2, 0.25) is 5.02 Å². The molecule has 170 valence electrons. The van der Waals surface area contributed by atoms with E-state index in [1.54, 1.807) is 12.1 Å². The smallest absolute Gasteiger partial charge is 0.313 e. The Labute approximate surface area is 195 Å². The van der Waals surface area contributed by atoms with Crippen LogP contribution >= 0.6 is 11.6 Å². The summed E-state index contributed by atoms with van der Waals surface area (Å²) in [6.45, 7) is 3.65. The molecule has 33 heavy (non-hydrogen) atoms. The molecule has 1 fully saturated rings. The molecule has 0 spiro atoms. The summed E-state index contributed by atoms with van der Waals surface area (Å²) in [5, 5.41) is 16.6. The molecular weight excluding hydrogens is 444 g/mol. The Hall–Kier alpha value is -3.52. The number of halogens is 1. The van der Waals surface area contributed by atoms with Crippen LogP contribution in [0.15, 0.2) is 58.9 Å². The van der Waals surface area contributed by atoms with Gasteiger partial charge in [-0.3, -0.25) is 14.9 Å². The van der Waals surface area contributed by atoms with Gasteiger partial charge in [0.2, 0.25) is 5.75 Å². The van der Waals surface area contributed by atoms with Crippen LogP contribution in [0.4, 0.5) is 5.69 Å². The number of benzene rings is 2. The van der Waals surface area contributed by atoms with Crippen molar-refractivity contribution < 1.29 is 9.66 Å². The zero-order valence-electron chi connectivity index (χ0n) is 17.9. The molecule has 0 bridgehead atoms. The Morgan fingerprint density at radius 2 is 2.03 bits per heavy atom. The molecule has 1 saturated carbocycles. The highest BCUT2D eigenvalue weighted by atomic mass is 35.5. The summed E-state index contributed by atoms with van der Waals surface area (Å²) < 4.78 is 6.86. The highest BCUT2D eigenvalue weighted by Gasteiger charge is 2.23. The summed E-state index contributed by atoms with van der Waals surface area (Å²) >= 11 is 6.12. The lowest BCUT2D eigenvalue weighted by atomic mass is 9.88. The molecule has 1 aliphatic carbocycles. The van der Waals surface area contributed by atoms with Crippen LogP contribution in [-0.4, -0.2) is 27.4 Å². The minimum atomic E-state index is -0.571. The van der Waals surface area contributed by atoms with Crippen molar-refractivity contribution in [3.8, 4) is 5.75 Å². The van der Waals surface area contributed by atoms with E-state index in [1.165, 1.54) is 29.1 Å². The molecule has 1 aliphatic rings. The number of para-hydroxylation sites is 1. The van der Waals surface area contributed by atoms with Gasteiger partial charge in [-0.05, 0) is 31.0 Å². The van der Waals surface area contributed by atoms with Crippen molar-refractivity contribution in [2.24, 2.45) is 5.10 Å². The Morgan fingerprint density at radius 1 is 1.27 bits per heavy atom. The van der Waals surface area contributed by atoms with Crippen molar-refractivity contribution >= 4 is 34.4 Å². The number of nitro groups is 1. The van der Waals surface area contributed by atoms with Gasteiger partial charge in [0, 0.05) is 22.6 Å². The summed E-state index contributed by atoms with van der Waals surface area (Å²) in [5.41, 5.74) is 0.332. The maximum absolute atomic E-state index is 13.3. The van der Waals surface area contributed by atoms with Gasteiger partial charge in [-0.15, -0.1) is 0 Å². The predicted octanol–water partition coefficient (Wildman–Crippen LogP) is 5.45. The van der Waals surface area contributed by atoms with Gasteiger partial charge in [0.25, 0.3) is 5.56 Å². The summed E-state index contributed by atoms with van der Waals surface area (Å²) in [6, 6.07) is 9.89.